The van der Waals surface area contributed by atoms with Crippen LogP contribution in [0.5, 0.6) is 0 Å². The Labute approximate surface area is 125 Å². The molecule has 0 spiro atoms. The first-order chi connectivity index (χ1) is 8.97. The van der Waals surface area contributed by atoms with Crippen molar-refractivity contribution in [2.75, 3.05) is 0 Å². The number of thiazole rings is 1. The van der Waals surface area contributed by atoms with Gasteiger partial charge in [0.1, 0.15) is 10.7 Å². The molecule has 1 heterocycles. The number of halogens is 2. The zero-order chi connectivity index (χ0) is 14.0. The third-order valence-electron chi connectivity index (χ3n) is 2.55. The number of hydrogen-bond donors (Lipinski definition) is 1. The molecule has 1 aromatic carbocycles. The minimum atomic E-state index is -0.156. The molecule has 0 aliphatic heterocycles. The molecule has 0 aliphatic carbocycles. The molecule has 19 heavy (non-hydrogen) atoms. The maximum absolute atomic E-state index is 12.1. The molecule has 1 aromatic heterocycles. The standard InChI is InChI=1S/C13H12Cl2N2OS/c1-7(16)13-17-11(6-19-13)12(18)5-8-2-3-9(14)10(15)4-8/h2-4,6-7H,5,16H2,1H3. The molecule has 0 bridgehead atoms. The summed E-state index contributed by atoms with van der Waals surface area (Å²) in [4.78, 5) is 16.3. The number of nitrogens with zero attached hydrogens (tertiary/aromatic N) is 1. The molecular weight excluding hydrogens is 303 g/mol. The first-order valence-electron chi connectivity index (χ1n) is 5.65. The van der Waals surface area contributed by atoms with Crippen LogP contribution in [0, 0.1) is 0 Å². The minimum absolute atomic E-state index is 0.0541. The van der Waals surface area contributed by atoms with Crippen LogP contribution in [0.1, 0.15) is 34.0 Å². The maximum Gasteiger partial charge on any atom is 0.186 e. The number of nitrogens with two attached hydrogens (primary N) is 1. The highest BCUT2D eigenvalue weighted by Crippen LogP contribution is 2.23. The van der Waals surface area contributed by atoms with Crippen LogP contribution in [-0.2, 0) is 6.42 Å². The van der Waals surface area contributed by atoms with Crippen molar-refractivity contribution >= 4 is 40.3 Å². The summed E-state index contributed by atoms with van der Waals surface area (Å²) in [6, 6.07) is 5.00. The van der Waals surface area contributed by atoms with Crippen LogP contribution in [0.15, 0.2) is 23.6 Å². The van der Waals surface area contributed by atoms with Crippen molar-refractivity contribution in [3.05, 3.63) is 49.9 Å². The van der Waals surface area contributed by atoms with Crippen LogP contribution in [0.2, 0.25) is 10.0 Å². The van der Waals surface area contributed by atoms with E-state index in [1.54, 1.807) is 23.6 Å². The van der Waals surface area contributed by atoms with Gasteiger partial charge in [-0.25, -0.2) is 4.98 Å². The molecule has 100 valence electrons. The number of aromatic nitrogens is 1. The van der Waals surface area contributed by atoms with Gasteiger partial charge in [0.05, 0.1) is 16.1 Å². The molecule has 2 aromatic rings. The van der Waals surface area contributed by atoms with Gasteiger partial charge in [0.15, 0.2) is 5.78 Å². The van der Waals surface area contributed by atoms with Crippen molar-refractivity contribution in [2.24, 2.45) is 5.73 Å². The van der Waals surface area contributed by atoms with Crippen molar-refractivity contribution in [1.29, 1.82) is 0 Å². The first-order valence-corrected chi connectivity index (χ1v) is 7.29. The number of Topliss-reactive ketones (excluding diaryl/α,β-unsaturated/α-hetero) is 1. The van der Waals surface area contributed by atoms with E-state index >= 15 is 0 Å². The molecule has 3 nitrogen and oxygen atoms in total. The Morgan fingerprint density at radius 2 is 2.16 bits per heavy atom. The summed E-state index contributed by atoms with van der Waals surface area (Å²) in [5.41, 5.74) is 6.98. The second-order valence-corrected chi connectivity index (χ2v) is 5.91. The average Bonchev–Trinajstić information content (AvgIpc) is 2.83. The van der Waals surface area contributed by atoms with Crippen LogP contribution in [0.25, 0.3) is 0 Å². The highest BCUT2D eigenvalue weighted by molar-refractivity contribution is 7.09. The zero-order valence-corrected chi connectivity index (χ0v) is 12.5. The summed E-state index contributed by atoms with van der Waals surface area (Å²) < 4.78 is 0. The van der Waals surface area contributed by atoms with Gasteiger partial charge in [-0.1, -0.05) is 29.3 Å². The summed E-state index contributed by atoms with van der Waals surface area (Å²) in [5, 5.41) is 3.42. The highest BCUT2D eigenvalue weighted by atomic mass is 35.5. The molecule has 0 saturated carbocycles. The molecule has 1 atom stereocenters. The SMILES string of the molecule is CC(N)c1nc(C(=O)Cc2ccc(Cl)c(Cl)c2)cs1. The largest absolute Gasteiger partial charge is 0.322 e. The summed E-state index contributed by atoms with van der Waals surface area (Å²) in [6.45, 7) is 1.84. The summed E-state index contributed by atoms with van der Waals surface area (Å²) in [7, 11) is 0. The van der Waals surface area contributed by atoms with Gasteiger partial charge in [-0.05, 0) is 24.6 Å². The van der Waals surface area contributed by atoms with Crippen LogP contribution in [-0.4, -0.2) is 10.8 Å². The molecule has 0 amide bonds. The monoisotopic (exact) mass is 314 g/mol. The smallest absolute Gasteiger partial charge is 0.186 e. The van der Waals surface area contributed by atoms with E-state index in [4.69, 9.17) is 28.9 Å². The molecule has 6 heteroatoms. The lowest BCUT2D eigenvalue weighted by atomic mass is 10.1. The number of hydrogen-bond acceptors (Lipinski definition) is 4. The van der Waals surface area contributed by atoms with Crippen molar-refractivity contribution in [2.45, 2.75) is 19.4 Å². The van der Waals surface area contributed by atoms with Gasteiger partial charge in [0.25, 0.3) is 0 Å². The second kappa shape index (κ2) is 6.01. The van der Waals surface area contributed by atoms with Crippen molar-refractivity contribution in [3.63, 3.8) is 0 Å². The second-order valence-electron chi connectivity index (χ2n) is 4.21. The van der Waals surface area contributed by atoms with Crippen LogP contribution < -0.4 is 5.73 Å². The minimum Gasteiger partial charge on any atom is -0.322 e. The molecule has 0 aliphatic rings. The van der Waals surface area contributed by atoms with E-state index in [0.717, 1.165) is 10.6 Å². The van der Waals surface area contributed by atoms with E-state index in [9.17, 15) is 4.79 Å². The average molecular weight is 315 g/mol. The lowest BCUT2D eigenvalue weighted by Crippen LogP contribution is -2.07. The molecule has 2 N–H and O–H groups in total. The molecule has 1 unspecified atom stereocenters. The van der Waals surface area contributed by atoms with E-state index in [2.05, 4.69) is 4.98 Å². The normalized spacial score (nSPS) is 12.4. The molecule has 0 saturated heterocycles. The van der Waals surface area contributed by atoms with Crippen molar-refractivity contribution in [3.8, 4) is 0 Å². The Morgan fingerprint density at radius 1 is 1.42 bits per heavy atom. The van der Waals surface area contributed by atoms with Gasteiger partial charge in [0.2, 0.25) is 0 Å². The fraction of sp³-hybridized carbons (Fsp3) is 0.231. The molecular formula is C13H12Cl2N2OS. The van der Waals surface area contributed by atoms with Gasteiger partial charge in [-0.15, -0.1) is 11.3 Å². The molecule has 0 fully saturated rings. The van der Waals surface area contributed by atoms with E-state index < -0.39 is 0 Å². The Bertz CT molecular complexity index is 610. The summed E-state index contributed by atoms with van der Waals surface area (Å²) in [6.07, 6.45) is 0.249. The van der Waals surface area contributed by atoms with Crippen LogP contribution in [0.4, 0.5) is 0 Å². The fourth-order valence-electron chi connectivity index (χ4n) is 1.55. The van der Waals surface area contributed by atoms with Gasteiger partial charge in [-0.2, -0.15) is 0 Å². The van der Waals surface area contributed by atoms with Crippen LogP contribution >= 0.6 is 34.5 Å². The highest BCUT2D eigenvalue weighted by Gasteiger charge is 2.13. The zero-order valence-electron chi connectivity index (χ0n) is 10.2. The predicted octanol–water partition coefficient (Wildman–Crippen LogP) is 3.90. The third kappa shape index (κ3) is 3.54. The number of carbonyl (C=O) groups is 1. The number of benzene rings is 1. The van der Waals surface area contributed by atoms with E-state index in [0.29, 0.717) is 15.7 Å². The maximum atomic E-state index is 12.1. The third-order valence-corrected chi connectivity index (χ3v) is 4.33. The van der Waals surface area contributed by atoms with E-state index in [1.807, 2.05) is 6.92 Å². The van der Waals surface area contributed by atoms with E-state index in [1.165, 1.54) is 11.3 Å². The Balaban J connectivity index is 2.13. The predicted molar refractivity (Wildman–Crippen MR) is 79.2 cm³/mol. The summed E-state index contributed by atoms with van der Waals surface area (Å²) in [5.74, 6) is -0.0541. The van der Waals surface area contributed by atoms with Crippen molar-refractivity contribution < 1.29 is 4.79 Å². The Morgan fingerprint density at radius 3 is 2.74 bits per heavy atom. The quantitative estimate of drug-likeness (QED) is 0.871. The van der Waals surface area contributed by atoms with Gasteiger partial charge >= 0.3 is 0 Å². The molecule has 2 rings (SSSR count). The van der Waals surface area contributed by atoms with Crippen LogP contribution in [0.3, 0.4) is 0 Å². The van der Waals surface area contributed by atoms with Gasteiger partial charge in [0, 0.05) is 11.8 Å². The lowest BCUT2D eigenvalue weighted by Gasteiger charge is -2.01. The first kappa shape index (κ1) is 14.5. The van der Waals surface area contributed by atoms with Crippen molar-refractivity contribution in [1.82, 2.24) is 4.98 Å². The Hall–Kier alpha value is -0.940. The number of rotatable bonds is 4. The van der Waals surface area contributed by atoms with E-state index in [-0.39, 0.29) is 18.2 Å². The van der Waals surface area contributed by atoms with Gasteiger partial charge < -0.3 is 5.73 Å². The Kier molecular flexibility index (Phi) is 4.58. The molecule has 0 radical (unpaired) electrons. The summed E-state index contributed by atoms with van der Waals surface area (Å²) >= 11 is 13.1. The topological polar surface area (TPSA) is 56.0 Å². The van der Waals surface area contributed by atoms with Gasteiger partial charge in [-0.3, -0.25) is 4.79 Å². The number of ketones is 1. The fourth-order valence-corrected chi connectivity index (χ4v) is 2.65. The lowest BCUT2D eigenvalue weighted by molar-refractivity contribution is 0.0988. The number of carbonyl (C=O) groups excluding carboxylic acids is 1.